The lowest BCUT2D eigenvalue weighted by Crippen LogP contribution is -2.62. The Morgan fingerprint density at radius 1 is 0.463 bits per heavy atom. The predicted molar refractivity (Wildman–Crippen MR) is 354 cm³/mol. The fourth-order valence-electron chi connectivity index (χ4n) is 17.7. The van der Waals surface area contributed by atoms with Crippen LogP contribution in [0.3, 0.4) is 0 Å². The van der Waals surface area contributed by atoms with Gasteiger partial charge in [0.25, 0.3) is 6.71 Å². The van der Waals surface area contributed by atoms with Crippen LogP contribution in [-0.2, 0) is 38.9 Å². The van der Waals surface area contributed by atoms with Crippen molar-refractivity contribution in [2.45, 2.75) is 186 Å². The molecule has 0 radical (unpaired) electrons. The van der Waals surface area contributed by atoms with E-state index in [2.05, 4.69) is 244 Å². The van der Waals surface area contributed by atoms with Crippen LogP contribution in [0.15, 0.2) is 140 Å². The second-order valence-electron chi connectivity index (χ2n) is 30.5. The van der Waals surface area contributed by atoms with E-state index in [1.54, 1.807) is 0 Å². The van der Waals surface area contributed by atoms with Crippen LogP contribution in [0.5, 0.6) is 0 Å². The van der Waals surface area contributed by atoms with Gasteiger partial charge in [0.1, 0.15) is 0 Å². The van der Waals surface area contributed by atoms with Crippen molar-refractivity contribution in [3.63, 3.8) is 0 Å². The van der Waals surface area contributed by atoms with Gasteiger partial charge in [-0.3, -0.25) is 0 Å². The topological polar surface area (TPSA) is 9.72 Å². The van der Waals surface area contributed by atoms with Crippen LogP contribution in [0.4, 0.5) is 45.5 Å². The van der Waals surface area contributed by atoms with Gasteiger partial charge >= 0.3 is 0 Å². The number of benzene rings is 8. The molecular weight excluding hydrogens is 1010 g/mol. The lowest BCUT2D eigenvalue weighted by Gasteiger charge is -2.51. The smallest absolute Gasteiger partial charge is 0.252 e. The van der Waals surface area contributed by atoms with E-state index in [1.165, 1.54) is 176 Å². The first-order chi connectivity index (χ1) is 39.0. The van der Waals surface area contributed by atoms with Crippen LogP contribution in [0, 0.1) is 0 Å². The molecule has 9 aromatic rings. The molecule has 0 saturated heterocycles. The summed E-state index contributed by atoms with van der Waals surface area (Å²) in [5.74, 6) is 0. The van der Waals surface area contributed by atoms with Gasteiger partial charge in [-0.05, 0) is 199 Å². The minimum absolute atomic E-state index is 0.0141. The Kier molecular flexibility index (Phi) is 10.4. The van der Waals surface area contributed by atoms with Gasteiger partial charge < -0.3 is 14.7 Å². The molecule has 0 bridgehead atoms. The molecule has 2 atom stereocenters. The Bertz CT molecular complexity index is 4270. The standard InChI is InChI=1S/C77H80BN3S/c1-71(2,3)47-27-31-62-58(40-47)76(12)33-18-19-34-77(76,13)81(62)49-42-64-69-65(43-49)80(61-25-20-24-51-50-22-15-14-21-46(50)39-53(51)61)70-59(30-32-67-68(70)52-23-16-17-26-66(52)82-67)78(69)60-44-56-57(75(10,11)38-37-74(56,8)9)45-63(60)79(64)48-28-29-54-55(41-48)73(6,7)36-35-72(54,4)5/h14-17,20-32,40-45H,18-19,33-39H2,1-13H3. The van der Waals surface area contributed by atoms with Crippen LogP contribution < -0.4 is 31.1 Å². The maximum Gasteiger partial charge on any atom is 0.252 e. The van der Waals surface area contributed by atoms with E-state index in [9.17, 15) is 0 Å². The molecule has 1 fully saturated rings. The van der Waals surface area contributed by atoms with Crippen LogP contribution in [0.2, 0.25) is 0 Å². The Hall–Kier alpha value is -6.56. The van der Waals surface area contributed by atoms with Gasteiger partial charge in [0.2, 0.25) is 0 Å². The van der Waals surface area contributed by atoms with E-state index in [1.807, 2.05) is 11.3 Å². The van der Waals surface area contributed by atoms with Crippen LogP contribution in [0.1, 0.15) is 186 Å². The van der Waals surface area contributed by atoms with Crippen molar-refractivity contribution < 1.29 is 0 Å². The van der Waals surface area contributed by atoms with Gasteiger partial charge in [0.15, 0.2) is 0 Å². The zero-order chi connectivity index (χ0) is 56.6. The molecule has 1 saturated carbocycles. The highest BCUT2D eigenvalue weighted by Gasteiger charge is 2.59. The third-order valence-corrected chi connectivity index (χ3v) is 24.1. The summed E-state index contributed by atoms with van der Waals surface area (Å²) in [4.78, 5) is 8.53. The van der Waals surface area contributed by atoms with Gasteiger partial charge in [0, 0.05) is 66.1 Å². The van der Waals surface area contributed by atoms with E-state index in [0.29, 0.717) is 0 Å². The molecule has 0 amide bonds. The number of hydrogen-bond donors (Lipinski definition) is 0. The molecule has 412 valence electrons. The second-order valence-corrected chi connectivity index (χ2v) is 31.5. The SMILES string of the molecule is CC(C)(C)c1ccc2c(c1)C1(C)CCCCC1(C)N2c1cc2c3c(c1)N(c1cccc4c1Cc1ccccc1-4)c1c(ccc4sc5ccccc5c14)B3c1cc3c(cc1N2c1ccc2c(c1)C(C)(C)CCC2(C)C)C(C)(C)CCC3(C)C. The lowest BCUT2D eigenvalue weighted by molar-refractivity contribution is 0.195. The number of rotatable bonds is 3. The van der Waals surface area contributed by atoms with Gasteiger partial charge in [-0.25, -0.2) is 0 Å². The highest BCUT2D eigenvalue weighted by Crippen LogP contribution is 2.63. The molecule has 5 heteroatoms. The van der Waals surface area contributed by atoms with E-state index >= 15 is 0 Å². The van der Waals surface area contributed by atoms with E-state index in [4.69, 9.17) is 0 Å². The monoisotopic (exact) mass is 1090 g/mol. The molecule has 1 aromatic heterocycles. The number of hydrogen-bond acceptors (Lipinski definition) is 4. The molecule has 3 aliphatic heterocycles. The van der Waals surface area contributed by atoms with Crippen LogP contribution in [-0.4, -0.2) is 12.3 Å². The highest BCUT2D eigenvalue weighted by atomic mass is 32.1. The Labute approximate surface area is 492 Å². The molecule has 4 heterocycles. The number of anilines is 8. The fraction of sp³-hybridized carbons (Fsp3) is 0.377. The van der Waals surface area contributed by atoms with E-state index in [-0.39, 0.29) is 44.7 Å². The predicted octanol–water partition coefficient (Wildman–Crippen LogP) is 19.4. The summed E-state index contributed by atoms with van der Waals surface area (Å²) in [5, 5.41) is 2.72. The zero-order valence-corrected chi connectivity index (χ0v) is 51.8. The van der Waals surface area contributed by atoms with Gasteiger partial charge in [-0.2, -0.15) is 0 Å². The van der Waals surface area contributed by atoms with Gasteiger partial charge in [-0.15, -0.1) is 11.3 Å². The first kappa shape index (κ1) is 51.1. The summed E-state index contributed by atoms with van der Waals surface area (Å²) in [6, 6.07) is 57.0. The Morgan fingerprint density at radius 3 is 1.88 bits per heavy atom. The molecule has 7 aliphatic rings. The maximum atomic E-state index is 2.89. The number of fused-ring (bicyclic) bond motifs is 16. The van der Waals surface area contributed by atoms with Crippen LogP contribution in [0.25, 0.3) is 31.3 Å². The summed E-state index contributed by atoms with van der Waals surface area (Å²) in [6.45, 7) is 32.5. The van der Waals surface area contributed by atoms with Crippen molar-refractivity contribution in [3.8, 4) is 11.1 Å². The fourth-order valence-corrected chi connectivity index (χ4v) is 18.8. The van der Waals surface area contributed by atoms with Crippen molar-refractivity contribution in [1.82, 2.24) is 0 Å². The molecular formula is C77H80BN3S. The van der Waals surface area contributed by atoms with Crippen molar-refractivity contribution >= 4 is 100 Å². The summed E-state index contributed by atoms with van der Waals surface area (Å²) in [7, 11) is 0. The van der Waals surface area contributed by atoms with Crippen molar-refractivity contribution in [3.05, 3.63) is 184 Å². The Morgan fingerprint density at radius 2 is 1.12 bits per heavy atom. The average Bonchev–Trinajstić information content (AvgIpc) is 1.50. The van der Waals surface area contributed by atoms with Crippen molar-refractivity contribution in [2.24, 2.45) is 0 Å². The maximum absolute atomic E-state index is 2.89. The summed E-state index contributed by atoms with van der Waals surface area (Å²) < 4.78 is 2.69. The average molecular weight is 1090 g/mol. The molecule has 16 rings (SSSR count). The van der Waals surface area contributed by atoms with E-state index in [0.717, 1.165) is 19.3 Å². The first-order valence-electron chi connectivity index (χ1n) is 31.2. The molecule has 8 aromatic carbocycles. The quantitative estimate of drug-likeness (QED) is 0.163. The summed E-state index contributed by atoms with van der Waals surface area (Å²) in [6.07, 6.45) is 10.4. The molecule has 82 heavy (non-hydrogen) atoms. The minimum Gasteiger partial charge on any atom is -0.334 e. The molecule has 0 spiro atoms. The lowest BCUT2D eigenvalue weighted by atomic mass is 9.33. The normalized spacial score (nSPS) is 22.6. The third-order valence-electron chi connectivity index (χ3n) is 22.9. The molecule has 4 aliphatic carbocycles. The van der Waals surface area contributed by atoms with E-state index < -0.39 is 0 Å². The van der Waals surface area contributed by atoms with Crippen molar-refractivity contribution in [2.75, 3.05) is 14.7 Å². The minimum atomic E-state index is -0.165. The third kappa shape index (κ3) is 6.78. The Balaban J connectivity index is 1.08. The first-order valence-corrected chi connectivity index (χ1v) is 32.0. The zero-order valence-electron chi connectivity index (χ0n) is 51.0. The largest absolute Gasteiger partial charge is 0.334 e. The molecule has 0 N–H and O–H groups in total. The molecule has 3 nitrogen and oxygen atoms in total. The molecule has 2 unspecified atom stereocenters. The van der Waals surface area contributed by atoms with Gasteiger partial charge in [-0.1, -0.05) is 181 Å². The number of thiophene rings is 1. The van der Waals surface area contributed by atoms with Crippen molar-refractivity contribution in [1.29, 1.82) is 0 Å². The van der Waals surface area contributed by atoms with Gasteiger partial charge in [0.05, 0.1) is 16.9 Å². The highest BCUT2D eigenvalue weighted by molar-refractivity contribution is 7.26. The summed E-state index contributed by atoms with van der Waals surface area (Å²) >= 11 is 1.95. The summed E-state index contributed by atoms with van der Waals surface area (Å²) in [5.41, 5.74) is 29.4. The number of nitrogens with zero attached hydrogens (tertiary/aromatic N) is 3. The second kappa shape index (κ2) is 16.6. The van der Waals surface area contributed by atoms with Crippen LogP contribution >= 0.6 is 11.3 Å².